The molecule has 0 aliphatic heterocycles. The van der Waals surface area contributed by atoms with Crippen LogP contribution in [0.25, 0.3) is 5.69 Å². The molecule has 8 heteroatoms. The topological polar surface area (TPSA) is 72.7 Å². The first kappa shape index (κ1) is 12.8. The number of para-hydroxylation sites is 2. The Kier molecular flexibility index (Phi) is 3.44. The molecule has 0 aliphatic rings. The van der Waals surface area contributed by atoms with E-state index in [0.29, 0.717) is 5.69 Å². The molecule has 0 atom stereocenters. The third-order valence-corrected chi connectivity index (χ3v) is 3.55. The highest BCUT2D eigenvalue weighted by Crippen LogP contribution is 2.21. The number of nitrogens with one attached hydrogen (secondary N) is 1. The number of benzene rings is 1. The molecular formula is C12H8ClN5OS. The lowest BCUT2D eigenvalue weighted by Crippen LogP contribution is -2.13. The van der Waals surface area contributed by atoms with Gasteiger partial charge < -0.3 is 9.88 Å². The van der Waals surface area contributed by atoms with Gasteiger partial charge in [-0.05, 0) is 23.7 Å². The number of hydrogen-bond donors (Lipinski definition) is 1. The number of carbonyl (C=O) groups excluding carboxylic acids is 1. The fourth-order valence-electron chi connectivity index (χ4n) is 1.68. The maximum atomic E-state index is 12.1. The van der Waals surface area contributed by atoms with E-state index in [1.54, 1.807) is 24.8 Å². The molecule has 0 unspecified atom stereocenters. The van der Waals surface area contributed by atoms with Crippen LogP contribution in [-0.4, -0.2) is 25.7 Å². The maximum absolute atomic E-state index is 12.1. The van der Waals surface area contributed by atoms with Crippen LogP contribution in [0.3, 0.4) is 0 Å². The monoisotopic (exact) mass is 305 g/mol. The lowest BCUT2D eigenvalue weighted by Gasteiger charge is -2.10. The van der Waals surface area contributed by atoms with E-state index in [-0.39, 0.29) is 15.4 Å². The summed E-state index contributed by atoms with van der Waals surface area (Å²) in [5.41, 5.74) is 1.47. The third-order valence-electron chi connectivity index (χ3n) is 2.53. The van der Waals surface area contributed by atoms with Crippen LogP contribution >= 0.6 is 22.9 Å². The van der Waals surface area contributed by atoms with Gasteiger partial charge in [-0.25, -0.2) is 4.98 Å². The number of rotatable bonds is 3. The Bertz CT molecular complexity index is 740. The standard InChI is InChI=1S/C12H8ClN5OS/c13-12-17-16-11(20-12)10(19)15-8-3-1-2-4-9(8)18-6-5-14-7-18/h1-7H,(H,15,19). The summed E-state index contributed by atoms with van der Waals surface area (Å²) >= 11 is 6.70. The molecule has 100 valence electrons. The summed E-state index contributed by atoms with van der Waals surface area (Å²) < 4.78 is 2.04. The number of anilines is 1. The summed E-state index contributed by atoms with van der Waals surface area (Å²) in [6, 6.07) is 7.40. The Morgan fingerprint density at radius 3 is 2.85 bits per heavy atom. The molecule has 0 bridgehead atoms. The molecule has 6 nitrogen and oxygen atoms in total. The van der Waals surface area contributed by atoms with Gasteiger partial charge in [0.2, 0.25) is 9.47 Å². The Morgan fingerprint density at radius 2 is 2.15 bits per heavy atom. The van der Waals surface area contributed by atoms with Gasteiger partial charge in [-0.3, -0.25) is 4.79 Å². The van der Waals surface area contributed by atoms with E-state index in [0.717, 1.165) is 17.0 Å². The van der Waals surface area contributed by atoms with Gasteiger partial charge >= 0.3 is 0 Å². The predicted molar refractivity (Wildman–Crippen MR) is 76.4 cm³/mol. The number of carbonyl (C=O) groups is 1. The molecule has 1 aromatic carbocycles. The van der Waals surface area contributed by atoms with Crippen LogP contribution in [0.1, 0.15) is 9.80 Å². The normalized spacial score (nSPS) is 10.4. The van der Waals surface area contributed by atoms with Crippen molar-refractivity contribution < 1.29 is 4.79 Å². The van der Waals surface area contributed by atoms with Crippen LogP contribution in [0.4, 0.5) is 5.69 Å². The molecular weight excluding hydrogens is 298 g/mol. The van der Waals surface area contributed by atoms with E-state index in [9.17, 15) is 4.79 Å². The molecule has 1 amide bonds. The Labute approximate surface area is 123 Å². The first-order valence-corrected chi connectivity index (χ1v) is 6.81. The van der Waals surface area contributed by atoms with E-state index >= 15 is 0 Å². The van der Waals surface area contributed by atoms with E-state index in [2.05, 4.69) is 20.5 Å². The fourth-order valence-corrected chi connectivity index (χ4v) is 2.40. The molecule has 0 spiro atoms. The summed E-state index contributed by atoms with van der Waals surface area (Å²) in [4.78, 5) is 16.1. The largest absolute Gasteiger partial charge is 0.318 e. The van der Waals surface area contributed by atoms with Crippen molar-refractivity contribution in [2.45, 2.75) is 0 Å². The Hall–Kier alpha value is -2.25. The summed E-state index contributed by atoms with van der Waals surface area (Å²) in [6.45, 7) is 0. The minimum atomic E-state index is -0.345. The minimum Gasteiger partial charge on any atom is -0.318 e. The van der Waals surface area contributed by atoms with E-state index in [1.807, 2.05) is 22.8 Å². The summed E-state index contributed by atoms with van der Waals surface area (Å²) in [6.07, 6.45) is 5.13. The number of amides is 1. The molecule has 0 radical (unpaired) electrons. The van der Waals surface area contributed by atoms with Gasteiger partial charge in [-0.15, -0.1) is 10.2 Å². The lowest BCUT2D eigenvalue weighted by molar-refractivity contribution is 0.102. The first-order valence-electron chi connectivity index (χ1n) is 5.62. The highest BCUT2D eigenvalue weighted by atomic mass is 35.5. The average molecular weight is 306 g/mol. The number of imidazole rings is 1. The first-order chi connectivity index (χ1) is 9.74. The Morgan fingerprint density at radius 1 is 1.30 bits per heavy atom. The zero-order valence-electron chi connectivity index (χ0n) is 10.0. The highest BCUT2D eigenvalue weighted by molar-refractivity contribution is 7.17. The number of halogens is 1. The third kappa shape index (κ3) is 2.54. The van der Waals surface area contributed by atoms with Crippen LogP contribution in [0.2, 0.25) is 4.47 Å². The zero-order chi connectivity index (χ0) is 13.9. The van der Waals surface area contributed by atoms with E-state index in [4.69, 9.17) is 11.6 Å². The lowest BCUT2D eigenvalue weighted by atomic mass is 10.2. The van der Waals surface area contributed by atoms with E-state index < -0.39 is 0 Å². The van der Waals surface area contributed by atoms with Crippen molar-refractivity contribution in [1.82, 2.24) is 19.7 Å². The molecule has 3 aromatic rings. The molecule has 1 N–H and O–H groups in total. The molecule has 0 aliphatic carbocycles. The summed E-state index contributed by atoms with van der Waals surface area (Å²) in [5, 5.41) is 10.3. The van der Waals surface area contributed by atoms with Crippen LogP contribution < -0.4 is 5.32 Å². The molecule has 3 rings (SSSR count). The summed E-state index contributed by atoms with van der Waals surface area (Å²) in [7, 11) is 0. The number of nitrogens with zero attached hydrogens (tertiary/aromatic N) is 4. The Balaban J connectivity index is 1.90. The van der Waals surface area contributed by atoms with Gasteiger partial charge in [0.05, 0.1) is 17.7 Å². The van der Waals surface area contributed by atoms with E-state index in [1.165, 1.54) is 0 Å². The van der Waals surface area contributed by atoms with Gasteiger partial charge in [0, 0.05) is 12.4 Å². The van der Waals surface area contributed by atoms with Gasteiger partial charge in [-0.2, -0.15) is 0 Å². The van der Waals surface area contributed by atoms with Gasteiger partial charge in [0.15, 0.2) is 0 Å². The quantitative estimate of drug-likeness (QED) is 0.807. The van der Waals surface area contributed by atoms with Crippen molar-refractivity contribution in [2.75, 3.05) is 5.32 Å². The second-order valence-corrected chi connectivity index (χ2v) is 5.36. The fraction of sp³-hybridized carbons (Fsp3) is 0. The van der Waals surface area contributed by atoms with Crippen LogP contribution in [0, 0.1) is 0 Å². The van der Waals surface area contributed by atoms with Gasteiger partial charge in [0.25, 0.3) is 5.91 Å². The molecule has 0 saturated heterocycles. The van der Waals surface area contributed by atoms with Crippen molar-refractivity contribution in [3.63, 3.8) is 0 Å². The molecule has 2 aromatic heterocycles. The number of aromatic nitrogens is 4. The van der Waals surface area contributed by atoms with Gasteiger partial charge in [0.1, 0.15) is 0 Å². The average Bonchev–Trinajstić information content (AvgIpc) is 3.10. The van der Waals surface area contributed by atoms with Crippen LogP contribution in [-0.2, 0) is 0 Å². The van der Waals surface area contributed by atoms with Crippen molar-refractivity contribution in [1.29, 1.82) is 0 Å². The molecule has 0 saturated carbocycles. The zero-order valence-corrected chi connectivity index (χ0v) is 11.6. The smallest absolute Gasteiger partial charge is 0.286 e. The van der Waals surface area contributed by atoms with Gasteiger partial charge in [-0.1, -0.05) is 23.5 Å². The maximum Gasteiger partial charge on any atom is 0.286 e. The van der Waals surface area contributed by atoms with Crippen molar-refractivity contribution in [2.24, 2.45) is 0 Å². The molecule has 20 heavy (non-hydrogen) atoms. The molecule has 0 fully saturated rings. The minimum absolute atomic E-state index is 0.218. The van der Waals surface area contributed by atoms with Crippen molar-refractivity contribution in [3.8, 4) is 5.69 Å². The van der Waals surface area contributed by atoms with Crippen LogP contribution in [0.15, 0.2) is 43.0 Å². The number of hydrogen-bond acceptors (Lipinski definition) is 5. The molecule has 2 heterocycles. The summed E-state index contributed by atoms with van der Waals surface area (Å²) in [5.74, 6) is -0.345. The predicted octanol–water partition coefficient (Wildman–Crippen LogP) is 2.63. The van der Waals surface area contributed by atoms with Crippen molar-refractivity contribution >= 4 is 34.5 Å². The highest BCUT2D eigenvalue weighted by Gasteiger charge is 2.14. The second kappa shape index (κ2) is 5.40. The van der Waals surface area contributed by atoms with Crippen molar-refractivity contribution in [3.05, 3.63) is 52.5 Å². The SMILES string of the molecule is O=C(Nc1ccccc1-n1ccnc1)c1nnc(Cl)s1. The van der Waals surface area contributed by atoms with Crippen LogP contribution in [0.5, 0.6) is 0 Å². The second-order valence-electron chi connectivity index (χ2n) is 3.80.